The SMILES string of the molecule is Cc1cc(C)cc(C(C)CCC(C)N)c1. The molecule has 84 valence electrons. The Kier molecular flexibility index (Phi) is 4.34. The predicted molar refractivity (Wildman–Crippen MR) is 67.2 cm³/mol. The average Bonchev–Trinajstić information content (AvgIpc) is 2.12. The van der Waals surface area contributed by atoms with Gasteiger partial charge in [-0.2, -0.15) is 0 Å². The molecule has 0 aliphatic heterocycles. The van der Waals surface area contributed by atoms with Crippen LogP contribution in [0.2, 0.25) is 0 Å². The molecule has 1 rings (SSSR count). The maximum absolute atomic E-state index is 5.78. The lowest BCUT2D eigenvalue weighted by Gasteiger charge is -2.14. The minimum absolute atomic E-state index is 0.318. The monoisotopic (exact) mass is 205 g/mol. The molecule has 0 fully saturated rings. The molecule has 0 aliphatic rings. The zero-order valence-electron chi connectivity index (χ0n) is 10.4. The zero-order chi connectivity index (χ0) is 11.4. The van der Waals surface area contributed by atoms with E-state index in [9.17, 15) is 0 Å². The maximum Gasteiger partial charge on any atom is 0.00106 e. The van der Waals surface area contributed by atoms with E-state index in [0.29, 0.717) is 12.0 Å². The molecule has 1 heteroatoms. The second-order valence-electron chi connectivity index (χ2n) is 4.88. The van der Waals surface area contributed by atoms with Crippen molar-refractivity contribution in [3.8, 4) is 0 Å². The summed E-state index contributed by atoms with van der Waals surface area (Å²) in [5.74, 6) is 0.620. The van der Waals surface area contributed by atoms with Crippen LogP contribution < -0.4 is 5.73 Å². The van der Waals surface area contributed by atoms with Gasteiger partial charge in [-0.25, -0.2) is 0 Å². The third kappa shape index (κ3) is 4.05. The van der Waals surface area contributed by atoms with Gasteiger partial charge in [-0.15, -0.1) is 0 Å². The predicted octanol–water partition coefficient (Wildman–Crippen LogP) is 3.53. The molecule has 0 radical (unpaired) electrons. The lowest BCUT2D eigenvalue weighted by atomic mass is 9.92. The first kappa shape index (κ1) is 12.3. The van der Waals surface area contributed by atoms with E-state index in [0.717, 1.165) is 6.42 Å². The molecule has 2 atom stereocenters. The number of hydrogen-bond donors (Lipinski definition) is 1. The summed E-state index contributed by atoms with van der Waals surface area (Å²) < 4.78 is 0. The van der Waals surface area contributed by atoms with Crippen molar-refractivity contribution in [2.45, 2.75) is 52.5 Å². The fourth-order valence-electron chi connectivity index (χ4n) is 1.97. The van der Waals surface area contributed by atoms with Gasteiger partial charge in [0.15, 0.2) is 0 Å². The largest absolute Gasteiger partial charge is 0.328 e. The normalized spacial score (nSPS) is 15.0. The molecule has 1 nitrogen and oxygen atoms in total. The highest BCUT2D eigenvalue weighted by Crippen LogP contribution is 2.23. The molecule has 0 aliphatic carbocycles. The minimum atomic E-state index is 0.318. The van der Waals surface area contributed by atoms with Crippen molar-refractivity contribution in [1.82, 2.24) is 0 Å². The third-order valence-corrected chi connectivity index (χ3v) is 2.87. The standard InChI is InChI=1S/C14H23N/c1-10-7-11(2)9-14(8-10)12(3)5-6-13(4)15/h7-9,12-13H,5-6,15H2,1-4H3. The van der Waals surface area contributed by atoms with Crippen LogP contribution in [-0.4, -0.2) is 6.04 Å². The molecule has 0 bridgehead atoms. The number of hydrogen-bond acceptors (Lipinski definition) is 1. The van der Waals surface area contributed by atoms with E-state index in [2.05, 4.69) is 45.9 Å². The lowest BCUT2D eigenvalue weighted by Crippen LogP contribution is -2.15. The second-order valence-corrected chi connectivity index (χ2v) is 4.88. The van der Waals surface area contributed by atoms with Crippen molar-refractivity contribution in [1.29, 1.82) is 0 Å². The van der Waals surface area contributed by atoms with Gasteiger partial charge in [0.25, 0.3) is 0 Å². The molecule has 2 unspecified atom stereocenters. The first-order valence-electron chi connectivity index (χ1n) is 5.83. The van der Waals surface area contributed by atoms with Crippen molar-refractivity contribution in [3.63, 3.8) is 0 Å². The lowest BCUT2D eigenvalue weighted by molar-refractivity contribution is 0.568. The topological polar surface area (TPSA) is 26.0 Å². The Labute approximate surface area is 93.7 Å². The van der Waals surface area contributed by atoms with Gasteiger partial charge in [-0.1, -0.05) is 36.2 Å². The highest BCUT2D eigenvalue weighted by Gasteiger charge is 2.07. The summed E-state index contributed by atoms with van der Waals surface area (Å²) in [6.45, 7) is 8.69. The fourth-order valence-corrected chi connectivity index (χ4v) is 1.97. The van der Waals surface area contributed by atoms with E-state index in [1.165, 1.54) is 23.1 Å². The highest BCUT2D eigenvalue weighted by molar-refractivity contribution is 5.30. The van der Waals surface area contributed by atoms with Gasteiger partial charge in [0.05, 0.1) is 0 Å². The van der Waals surface area contributed by atoms with Crippen LogP contribution in [0.25, 0.3) is 0 Å². The van der Waals surface area contributed by atoms with Gasteiger partial charge in [0.2, 0.25) is 0 Å². The van der Waals surface area contributed by atoms with Crippen molar-refractivity contribution < 1.29 is 0 Å². The Morgan fingerprint density at radius 1 is 1.00 bits per heavy atom. The molecule has 0 heterocycles. The van der Waals surface area contributed by atoms with Crippen LogP contribution in [0, 0.1) is 13.8 Å². The number of benzene rings is 1. The van der Waals surface area contributed by atoms with Crippen LogP contribution in [0.1, 0.15) is 49.3 Å². The van der Waals surface area contributed by atoms with Crippen molar-refractivity contribution >= 4 is 0 Å². The molecule has 0 saturated heterocycles. The third-order valence-electron chi connectivity index (χ3n) is 2.87. The van der Waals surface area contributed by atoms with E-state index in [1.54, 1.807) is 0 Å². The van der Waals surface area contributed by atoms with Crippen LogP contribution in [0.3, 0.4) is 0 Å². The van der Waals surface area contributed by atoms with Crippen molar-refractivity contribution in [2.24, 2.45) is 5.73 Å². The van der Waals surface area contributed by atoms with E-state index in [-0.39, 0.29) is 0 Å². The molecule has 0 amide bonds. The summed E-state index contributed by atoms with van der Waals surface area (Å²) in [5, 5.41) is 0. The quantitative estimate of drug-likeness (QED) is 0.799. The van der Waals surface area contributed by atoms with Crippen LogP contribution in [0.15, 0.2) is 18.2 Å². The Hall–Kier alpha value is -0.820. The van der Waals surface area contributed by atoms with E-state index >= 15 is 0 Å². The zero-order valence-corrected chi connectivity index (χ0v) is 10.4. The van der Waals surface area contributed by atoms with Gasteiger partial charge in [0.1, 0.15) is 0 Å². The Morgan fingerprint density at radius 3 is 2.00 bits per heavy atom. The summed E-state index contributed by atoms with van der Waals surface area (Å²) in [5.41, 5.74) is 9.95. The summed E-state index contributed by atoms with van der Waals surface area (Å²) >= 11 is 0. The van der Waals surface area contributed by atoms with Gasteiger partial charge >= 0.3 is 0 Å². The summed E-state index contributed by atoms with van der Waals surface area (Å²) in [4.78, 5) is 0. The molecule has 2 N–H and O–H groups in total. The first-order valence-corrected chi connectivity index (χ1v) is 5.83. The molecule has 15 heavy (non-hydrogen) atoms. The number of aryl methyl sites for hydroxylation is 2. The molecule has 0 saturated carbocycles. The van der Waals surface area contributed by atoms with Gasteiger partial charge in [-0.05, 0) is 45.1 Å². The van der Waals surface area contributed by atoms with Crippen LogP contribution in [0.4, 0.5) is 0 Å². The minimum Gasteiger partial charge on any atom is -0.328 e. The van der Waals surface area contributed by atoms with Crippen molar-refractivity contribution in [2.75, 3.05) is 0 Å². The van der Waals surface area contributed by atoms with Gasteiger partial charge < -0.3 is 5.73 Å². The summed E-state index contributed by atoms with van der Waals surface area (Å²) in [6.07, 6.45) is 2.29. The van der Waals surface area contributed by atoms with Crippen LogP contribution >= 0.6 is 0 Å². The maximum atomic E-state index is 5.78. The molecule has 0 spiro atoms. The van der Waals surface area contributed by atoms with Crippen molar-refractivity contribution in [3.05, 3.63) is 34.9 Å². The smallest absolute Gasteiger partial charge is 0.00106 e. The van der Waals surface area contributed by atoms with Crippen LogP contribution in [0.5, 0.6) is 0 Å². The van der Waals surface area contributed by atoms with E-state index < -0.39 is 0 Å². The Morgan fingerprint density at radius 2 is 1.53 bits per heavy atom. The molecular weight excluding hydrogens is 182 g/mol. The van der Waals surface area contributed by atoms with Gasteiger partial charge in [0, 0.05) is 6.04 Å². The highest BCUT2D eigenvalue weighted by atomic mass is 14.6. The summed E-state index contributed by atoms with van der Waals surface area (Å²) in [7, 11) is 0. The Bertz CT molecular complexity index is 295. The molecule has 0 aromatic heterocycles. The van der Waals surface area contributed by atoms with Crippen LogP contribution in [-0.2, 0) is 0 Å². The Balaban J connectivity index is 2.68. The van der Waals surface area contributed by atoms with Gasteiger partial charge in [-0.3, -0.25) is 0 Å². The van der Waals surface area contributed by atoms with E-state index in [4.69, 9.17) is 5.73 Å². The first-order chi connectivity index (χ1) is 6.99. The second kappa shape index (κ2) is 5.32. The number of rotatable bonds is 4. The van der Waals surface area contributed by atoms with E-state index in [1.807, 2.05) is 0 Å². The molecular formula is C14H23N. The molecule has 1 aromatic rings. The summed E-state index contributed by atoms with van der Waals surface area (Å²) in [6, 6.07) is 7.12. The average molecular weight is 205 g/mol. The number of nitrogens with two attached hydrogens (primary N) is 1. The fraction of sp³-hybridized carbons (Fsp3) is 0.571. The molecule has 1 aromatic carbocycles.